The topological polar surface area (TPSA) is 70.1 Å². The highest BCUT2D eigenvalue weighted by Gasteiger charge is 2.30. The predicted molar refractivity (Wildman–Crippen MR) is 153 cm³/mol. The first kappa shape index (κ1) is 27.1. The average molecular weight is 513 g/mol. The van der Waals surface area contributed by atoms with E-state index in [0.717, 1.165) is 65.4 Å². The Labute approximate surface area is 225 Å². The molecule has 1 amide bonds. The van der Waals surface area contributed by atoms with E-state index in [0.29, 0.717) is 6.54 Å². The Morgan fingerprint density at radius 1 is 0.895 bits per heavy atom. The number of carboxylic acid groups (broad SMARTS) is 1. The highest BCUT2D eigenvalue weighted by Crippen LogP contribution is 2.31. The van der Waals surface area contributed by atoms with Crippen LogP contribution in [0.25, 0.3) is 17.2 Å². The Balaban J connectivity index is 1.58. The lowest BCUT2D eigenvalue weighted by atomic mass is 9.86. The maximum absolute atomic E-state index is 13.8. The van der Waals surface area contributed by atoms with Crippen LogP contribution >= 0.6 is 0 Å². The summed E-state index contributed by atoms with van der Waals surface area (Å²) >= 11 is 0. The van der Waals surface area contributed by atoms with Crippen molar-refractivity contribution in [1.82, 2.24) is 0 Å². The Hall–Kier alpha value is -3.90. The van der Waals surface area contributed by atoms with Gasteiger partial charge in [-0.05, 0) is 78.3 Å². The van der Waals surface area contributed by atoms with Gasteiger partial charge in [0.05, 0.1) is 12.6 Å². The average Bonchev–Trinajstić information content (AvgIpc) is 2.95. The molecule has 0 aromatic heterocycles. The number of rotatable bonds is 9. The van der Waals surface area contributed by atoms with Crippen molar-refractivity contribution < 1.29 is 19.4 Å². The fourth-order valence-electron chi connectivity index (χ4n) is 4.96. The minimum atomic E-state index is -1.00. The molecule has 4 rings (SSSR count). The molecule has 0 bridgehead atoms. The third-order valence-electron chi connectivity index (χ3n) is 7.23. The van der Waals surface area contributed by atoms with Crippen LogP contribution in [0.1, 0.15) is 36.8 Å². The number of carboxylic acids is 1. The van der Waals surface area contributed by atoms with Crippen molar-refractivity contribution in [3.8, 4) is 11.1 Å². The number of hydrogen-bond acceptors (Lipinski definition) is 4. The van der Waals surface area contributed by atoms with Crippen molar-refractivity contribution in [3.63, 3.8) is 0 Å². The van der Waals surface area contributed by atoms with Gasteiger partial charge >= 0.3 is 5.97 Å². The monoisotopic (exact) mass is 512 g/mol. The molecule has 1 saturated carbocycles. The molecule has 38 heavy (non-hydrogen) atoms. The second-order valence-corrected chi connectivity index (χ2v) is 10.0. The van der Waals surface area contributed by atoms with Crippen molar-refractivity contribution in [2.24, 2.45) is 5.92 Å². The molecule has 0 spiro atoms. The predicted octanol–water partition coefficient (Wildman–Crippen LogP) is 6.26. The summed E-state index contributed by atoms with van der Waals surface area (Å²) in [5.74, 6) is -0.967. The number of amides is 1. The molecule has 198 valence electrons. The van der Waals surface area contributed by atoms with Crippen molar-refractivity contribution in [2.75, 3.05) is 31.0 Å². The zero-order valence-corrected chi connectivity index (χ0v) is 22.3. The number of benzene rings is 3. The largest absolute Gasteiger partial charge is 0.478 e. The van der Waals surface area contributed by atoms with Gasteiger partial charge in [-0.3, -0.25) is 4.79 Å². The molecular formula is C32H36N2O4. The lowest BCUT2D eigenvalue weighted by Gasteiger charge is -2.32. The summed E-state index contributed by atoms with van der Waals surface area (Å²) in [7, 11) is 5.78. The van der Waals surface area contributed by atoms with E-state index < -0.39 is 5.97 Å². The lowest BCUT2D eigenvalue weighted by molar-refractivity contribution is -0.131. The van der Waals surface area contributed by atoms with Gasteiger partial charge in [0.15, 0.2) is 0 Å². The smallest absolute Gasteiger partial charge is 0.328 e. The molecule has 1 fully saturated rings. The van der Waals surface area contributed by atoms with Crippen LogP contribution in [-0.2, 0) is 20.9 Å². The number of anilines is 2. The molecule has 1 N–H and O–H groups in total. The van der Waals surface area contributed by atoms with Gasteiger partial charge in [-0.1, -0.05) is 48.5 Å². The van der Waals surface area contributed by atoms with Crippen LogP contribution in [0.5, 0.6) is 0 Å². The van der Waals surface area contributed by atoms with Gasteiger partial charge in [0.25, 0.3) is 0 Å². The van der Waals surface area contributed by atoms with Gasteiger partial charge in [-0.25, -0.2) is 4.79 Å². The van der Waals surface area contributed by atoms with Gasteiger partial charge in [-0.2, -0.15) is 0 Å². The number of hydrogen-bond donors (Lipinski definition) is 1. The van der Waals surface area contributed by atoms with Gasteiger partial charge in [0.2, 0.25) is 5.91 Å². The first-order valence-corrected chi connectivity index (χ1v) is 13.1. The van der Waals surface area contributed by atoms with Crippen LogP contribution in [0.4, 0.5) is 11.4 Å². The van der Waals surface area contributed by atoms with Crippen molar-refractivity contribution in [3.05, 3.63) is 90.0 Å². The molecule has 3 aromatic carbocycles. The Kier molecular flexibility index (Phi) is 8.98. The molecule has 0 unspecified atom stereocenters. The zero-order chi connectivity index (χ0) is 27.1. The van der Waals surface area contributed by atoms with E-state index in [-0.39, 0.29) is 17.9 Å². The second-order valence-electron chi connectivity index (χ2n) is 10.0. The number of nitrogens with zero attached hydrogens (tertiary/aromatic N) is 2. The van der Waals surface area contributed by atoms with E-state index in [9.17, 15) is 9.59 Å². The molecule has 6 heteroatoms. The number of carbonyl (C=O) groups is 2. The summed E-state index contributed by atoms with van der Waals surface area (Å²) in [5.41, 5.74) is 5.95. The zero-order valence-electron chi connectivity index (χ0n) is 22.3. The molecule has 0 atom stereocenters. The van der Waals surface area contributed by atoms with Crippen LogP contribution in [0.2, 0.25) is 0 Å². The lowest BCUT2D eigenvalue weighted by Crippen LogP contribution is -2.38. The van der Waals surface area contributed by atoms with Gasteiger partial charge in [0, 0.05) is 44.6 Å². The van der Waals surface area contributed by atoms with E-state index in [2.05, 4.69) is 53.4 Å². The standard InChI is InChI=1S/C32H36N2O4/c1-33(2)28-16-12-26(13-17-28)25-10-7-24(8-11-25)22-34(32(37)27-14-18-30(38-3)19-15-27)29-6-4-5-23(21-29)9-20-31(35)36/h4-13,16-17,20-21,27,30H,14-15,18-19,22H2,1-3H3,(H,35,36). The SMILES string of the molecule is COC1CCC(C(=O)N(Cc2ccc(-c3ccc(N(C)C)cc3)cc2)c2cccc(C=CC(=O)O)c2)CC1. The third kappa shape index (κ3) is 6.90. The normalized spacial score (nSPS) is 17.3. The maximum Gasteiger partial charge on any atom is 0.328 e. The van der Waals surface area contributed by atoms with E-state index >= 15 is 0 Å². The number of methoxy groups -OCH3 is 1. The molecule has 0 saturated heterocycles. The minimum Gasteiger partial charge on any atom is -0.478 e. The molecule has 0 heterocycles. The number of aliphatic carboxylic acids is 1. The summed E-state index contributed by atoms with van der Waals surface area (Å²) in [5, 5.41) is 9.03. The number of ether oxygens (including phenoxy) is 1. The van der Waals surface area contributed by atoms with Crippen LogP contribution in [0.3, 0.4) is 0 Å². The van der Waals surface area contributed by atoms with Gasteiger partial charge in [-0.15, -0.1) is 0 Å². The fraction of sp³-hybridized carbons (Fsp3) is 0.312. The van der Waals surface area contributed by atoms with E-state index in [1.807, 2.05) is 43.3 Å². The van der Waals surface area contributed by atoms with E-state index in [4.69, 9.17) is 9.84 Å². The van der Waals surface area contributed by atoms with Crippen LogP contribution in [-0.4, -0.2) is 44.3 Å². The molecule has 1 aliphatic rings. The van der Waals surface area contributed by atoms with Crippen LogP contribution in [0, 0.1) is 5.92 Å². The van der Waals surface area contributed by atoms with Crippen molar-refractivity contribution >= 4 is 29.3 Å². The highest BCUT2D eigenvalue weighted by molar-refractivity contribution is 5.95. The molecule has 1 aliphatic carbocycles. The fourth-order valence-corrected chi connectivity index (χ4v) is 4.96. The number of carbonyl (C=O) groups excluding carboxylic acids is 1. The Bertz CT molecular complexity index is 1260. The summed E-state index contributed by atoms with van der Waals surface area (Å²) in [6, 6.07) is 24.3. The third-order valence-corrected chi connectivity index (χ3v) is 7.23. The first-order chi connectivity index (χ1) is 18.3. The van der Waals surface area contributed by atoms with Gasteiger partial charge < -0.3 is 19.6 Å². The highest BCUT2D eigenvalue weighted by atomic mass is 16.5. The summed E-state index contributed by atoms with van der Waals surface area (Å²) in [6.45, 7) is 0.439. The first-order valence-electron chi connectivity index (χ1n) is 13.1. The molecule has 3 aromatic rings. The molecule has 0 radical (unpaired) electrons. The summed E-state index contributed by atoms with van der Waals surface area (Å²) < 4.78 is 5.50. The Morgan fingerprint density at radius 2 is 1.53 bits per heavy atom. The van der Waals surface area contributed by atoms with Crippen molar-refractivity contribution in [1.29, 1.82) is 0 Å². The summed E-state index contributed by atoms with van der Waals surface area (Å²) in [6.07, 6.45) is 6.24. The van der Waals surface area contributed by atoms with Crippen molar-refractivity contribution in [2.45, 2.75) is 38.3 Å². The molecule has 6 nitrogen and oxygen atoms in total. The van der Waals surface area contributed by atoms with Crippen LogP contribution in [0.15, 0.2) is 78.9 Å². The van der Waals surface area contributed by atoms with Gasteiger partial charge in [0.1, 0.15) is 0 Å². The second kappa shape index (κ2) is 12.6. The quantitative estimate of drug-likeness (QED) is 0.343. The van der Waals surface area contributed by atoms with Crippen LogP contribution < -0.4 is 9.80 Å². The summed E-state index contributed by atoms with van der Waals surface area (Å²) in [4.78, 5) is 28.8. The maximum atomic E-state index is 13.8. The molecular weight excluding hydrogens is 476 g/mol. The van der Waals surface area contributed by atoms with E-state index in [1.54, 1.807) is 13.2 Å². The minimum absolute atomic E-state index is 0.0610. The molecule has 0 aliphatic heterocycles. The Morgan fingerprint density at radius 3 is 2.11 bits per heavy atom. The van der Waals surface area contributed by atoms with E-state index in [1.165, 1.54) is 0 Å².